The fraction of sp³-hybridized carbons (Fsp3) is 0.400. The van der Waals surface area contributed by atoms with E-state index in [0.717, 1.165) is 12.1 Å². The average molecular weight is 320 g/mol. The summed E-state index contributed by atoms with van der Waals surface area (Å²) in [6, 6.07) is 3.50. The van der Waals surface area contributed by atoms with Gasteiger partial charge in [-0.2, -0.15) is 9.65 Å². The molecule has 1 aliphatic rings. The smallest absolute Gasteiger partial charge is 0.324 e. The summed E-state index contributed by atoms with van der Waals surface area (Å²) in [5.41, 5.74) is -3.47. The van der Waals surface area contributed by atoms with Crippen LogP contribution in [-0.2, 0) is 19.7 Å². The molecule has 1 aliphatic carbocycles. The van der Waals surface area contributed by atoms with Crippen LogP contribution < -0.4 is 0 Å². The molecule has 1 aromatic carbocycles. The predicted molar refractivity (Wildman–Crippen MR) is 74.9 cm³/mol. The number of hydrogen-bond donors (Lipinski definition) is 0. The quantitative estimate of drug-likeness (QED) is 0.364. The van der Waals surface area contributed by atoms with Crippen molar-refractivity contribution < 1.29 is 23.6 Å². The number of Topliss-reactive ketones (excluding diaryl/α,β-unsaturated/α-hetero) is 1. The van der Waals surface area contributed by atoms with E-state index in [1.807, 2.05) is 0 Å². The largest absolute Gasteiger partial charge is 0.465 e. The molecule has 0 radical (unpaired) electrons. The number of halogens is 1. The molecule has 0 heterocycles. The minimum absolute atomic E-state index is 0.0191. The molecule has 1 fully saturated rings. The van der Waals surface area contributed by atoms with Gasteiger partial charge in [-0.3, -0.25) is 19.7 Å². The Morgan fingerprint density at radius 2 is 2.26 bits per heavy atom. The number of benzene rings is 1. The number of carbonyl (C=O) groups excluding carboxylic acids is 2. The molecule has 0 aliphatic heterocycles. The second-order valence-corrected chi connectivity index (χ2v) is 5.09. The third kappa shape index (κ3) is 2.44. The molecule has 0 aromatic heterocycles. The molecule has 0 amide bonds. The van der Waals surface area contributed by atoms with Crippen LogP contribution in [0.1, 0.15) is 37.3 Å². The molecule has 0 saturated heterocycles. The molecule has 8 heteroatoms. The zero-order valence-electron chi connectivity index (χ0n) is 12.3. The standard InChI is InChI=1S/C15H13FN2O5/c1-2-23-14(20)15(7-3-4-12(15)19)10-5-6-11(18(21)22)13(16)9(10)8-17/h5-6H,2-4,7H2,1H3/t15-/m0/s1. The molecule has 2 rings (SSSR count). The molecule has 0 N–H and O–H groups in total. The highest BCUT2D eigenvalue weighted by Crippen LogP contribution is 2.42. The third-order valence-corrected chi connectivity index (χ3v) is 3.95. The summed E-state index contributed by atoms with van der Waals surface area (Å²) in [6.07, 6.45) is 0.569. The number of ketones is 1. The minimum atomic E-state index is -1.77. The fourth-order valence-corrected chi connectivity index (χ4v) is 2.90. The van der Waals surface area contributed by atoms with Crippen LogP contribution in [0.25, 0.3) is 0 Å². The van der Waals surface area contributed by atoms with Crippen molar-refractivity contribution in [2.45, 2.75) is 31.6 Å². The summed E-state index contributed by atoms with van der Waals surface area (Å²) in [4.78, 5) is 34.5. The lowest BCUT2D eigenvalue weighted by atomic mass is 9.75. The zero-order valence-corrected chi connectivity index (χ0v) is 12.3. The lowest BCUT2D eigenvalue weighted by Crippen LogP contribution is -2.42. The molecule has 120 valence electrons. The first kappa shape index (κ1) is 16.5. The minimum Gasteiger partial charge on any atom is -0.465 e. The van der Waals surface area contributed by atoms with Crippen LogP contribution >= 0.6 is 0 Å². The van der Waals surface area contributed by atoms with Crippen LogP contribution in [-0.4, -0.2) is 23.3 Å². The van der Waals surface area contributed by atoms with Gasteiger partial charge in [0.1, 0.15) is 6.07 Å². The Kier molecular flexibility index (Phi) is 4.40. The van der Waals surface area contributed by atoms with E-state index >= 15 is 0 Å². The number of nitriles is 1. The summed E-state index contributed by atoms with van der Waals surface area (Å²) in [5, 5.41) is 20.0. The highest BCUT2D eigenvalue weighted by Gasteiger charge is 2.53. The Hall–Kier alpha value is -2.82. The van der Waals surface area contributed by atoms with Crippen molar-refractivity contribution in [2.24, 2.45) is 0 Å². The van der Waals surface area contributed by atoms with Gasteiger partial charge >= 0.3 is 11.7 Å². The van der Waals surface area contributed by atoms with Crippen molar-refractivity contribution in [3.8, 4) is 6.07 Å². The fourth-order valence-electron chi connectivity index (χ4n) is 2.90. The predicted octanol–water partition coefficient (Wildman–Crippen LogP) is 2.16. The Morgan fingerprint density at radius 3 is 2.74 bits per heavy atom. The first-order valence-electron chi connectivity index (χ1n) is 6.98. The van der Waals surface area contributed by atoms with Gasteiger partial charge in [0.25, 0.3) is 0 Å². The Balaban J connectivity index is 2.73. The number of rotatable bonds is 4. The van der Waals surface area contributed by atoms with Gasteiger partial charge in [-0.25, -0.2) is 0 Å². The van der Waals surface area contributed by atoms with E-state index in [4.69, 9.17) is 4.74 Å². The van der Waals surface area contributed by atoms with Crippen LogP contribution in [0.2, 0.25) is 0 Å². The molecular formula is C15H13FN2O5. The van der Waals surface area contributed by atoms with Crippen molar-refractivity contribution in [2.75, 3.05) is 6.61 Å². The topological polar surface area (TPSA) is 110 Å². The number of ether oxygens (including phenoxy) is 1. The average Bonchev–Trinajstić information content (AvgIpc) is 2.89. The van der Waals surface area contributed by atoms with Crippen molar-refractivity contribution in [3.63, 3.8) is 0 Å². The molecule has 1 aromatic rings. The van der Waals surface area contributed by atoms with E-state index < -0.39 is 39.2 Å². The summed E-state index contributed by atoms with van der Waals surface area (Å²) < 4.78 is 19.2. The van der Waals surface area contributed by atoms with Gasteiger partial charge in [0, 0.05) is 12.5 Å². The van der Waals surface area contributed by atoms with Crippen LogP contribution in [0, 0.1) is 27.3 Å². The number of nitro benzene ring substituents is 1. The Labute approximate surface area is 130 Å². The second kappa shape index (κ2) is 6.12. The van der Waals surface area contributed by atoms with Gasteiger partial charge in [-0.05, 0) is 31.4 Å². The summed E-state index contributed by atoms with van der Waals surface area (Å²) in [6.45, 7) is 1.58. The van der Waals surface area contributed by atoms with Crippen molar-refractivity contribution in [1.82, 2.24) is 0 Å². The van der Waals surface area contributed by atoms with Crippen LogP contribution in [0.15, 0.2) is 12.1 Å². The lowest BCUT2D eigenvalue weighted by Gasteiger charge is -2.26. The normalized spacial score (nSPS) is 20.1. The summed E-state index contributed by atoms with van der Waals surface area (Å²) >= 11 is 0. The van der Waals surface area contributed by atoms with E-state index in [0.29, 0.717) is 6.42 Å². The molecule has 1 saturated carbocycles. The number of carbonyl (C=O) groups is 2. The van der Waals surface area contributed by atoms with Gasteiger partial charge in [-0.15, -0.1) is 0 Å². The van der Waals surface area contributed by atoms with Crippen molar-refractivity contribution in [1.29, 1.82) is 5.26 Å². The van der Waals surface area contributed by atoms with E-state index in [1.165, 1.54) is 6.07 Å². The van der Waals surface area contributed by atoms with Crippen LogP contribution in [0.5, 0.6) is 0 Å². The van der Waals surface area contributed by atoms with E-state index in [9.17, 15) is 29.4 Å². The number of esters is 1. The first-order chi connectivity index (χ1) is 10.9. The number of nitrogens with zero attached hydrogens (tertiary/aromatic N) is 2. The molecule has 23 heavy (non-hydrogen) atoms. The Morgan fingerprint density at radius 1 is 1.57 bits per heavy atom. The van der Waals surface area contributed by atoms with Gasteiger partial charge in [-0.1, -0.05) is 0 Å². The maximum Gasteiger partial charge on any atom is 0.324 e. The highest BCUT2D eigenvalue weighted by atomic mass is 19.1. The maximum absolute atomic E-state index is 14.3. The van der Waals surface area contributed by atoms with Crippen molar-refractivity contribution >= 4 is 17.4 Å². The molecule has 7 nitrogen and oxygen atoms in total. The van der Waals surface area contributed by atoms with Gasteiger partial charge < -0.3 is 4.74 Å². The molecule has 0 unspecified atom stereocenters. The van der Waals surface area contributed by atoms with Crippen LogP contribution in [0.4, 0.5) is 10.1 Å². The summed E-state index contributed by atoms with van der Waals surface area (Å²) in [7, 11) is 0. The maximum atomic E-state index is 14.3. The third-order valence-electron chi connectivity index (χ3n) is 3.95. The molecular weight excluding hydrogens is 307 g/mol. The van der Waals surface area contributed by atoms with Crippen molar-refractivity contribution in [3.05, 3.63) is 39.2 Å². The van der Waals surface area contributed by atoms with E-state index in [-0.39, 0.29) is 25.0 Å². The first-order valence-corrected chi connectivity index (χ1v) is 6.98. The summed E-state index contributed by atoms with van der Waals surface area (Å²) in [5.74, 6) is -2.67. The zero-order chi connectivity index (χ0) is 17.2. The highest BCUT2D eigenvalue weighted by molar-refractivity contribution is 6.11. The molecule has 0 spiro atoms. The number of nitro groups is 1. The SMILES string of the molecule is CCOC(=O)[C@]1(c2ccc([N+](=O)[O-])c(F)c2C#N)CCCC1=O. The van der Waals surface area contributed by atoms with Gasteiger partial charge in [0.05, 0.1) is 17.1 Å². The van der Waals surface area contributed by atoms with E-state index in [2.05, 4.69) is 0 Å². The molecule has 1 atom stereocenters. The monoisotopic (exact) mass is 320 g/mol. The lowest BCUT2D eigenvalue weighted by molar-refractivity contribution is -0.387. The van der Waals surface area contributed by atoms with Gasteiger partial charge in [0.2, 0.25) is 5.82 Å². The van der Waals surface area contributed by atoms with Gasteiger partial charge in [0.15, 0.2) is 11.2 Å². The van der Waals surface area contributed by atoms with Crippen LogP contribution in [0.3, 0.4) is 0 Å². The molecule has 0 bridgehead atoms. The second-order valence-electron chi connectivity index (χ2n) is 5.09. The Bertz CT molecular complexity index is 740. The van der Waals surface area contributed by atoms with E-state index in [1.54, 1.807) is 6.92 Å². The number of hydrogen-bond acceptors (Lipinski definition) is 6.